The van der Waals surface area contributed by atoms with E-state index in [1.807, 2.05) is 11.0 Å². The lowest BCUT2D eigenvalue weighted by Crippen LogP contribution is -2.43. The first-order chi connectivity index (χ1) is 21.5. The molecule has 1 aliphatic heterocycles. The Hall–Kier alpha value is -2.96. The fourth-order valence-corrected chi connectivity index (χ4v) is 9.92. The second kappa shape index (κ2) is 11.4. The molecule has 3 aliphatic rings. The first-order valence-electron chi connectivity index (χ1n) is 15.1. The number of allylic oxidation sites excluding steroid dienone is 3. The number of fused-ring (bicyclic) bond motifs is 1. The van der Waals surface area contributed by atoms with Gasteiger partial charge in [-0.15, -0.1) is 11.3 Å². The molecule has 12 heteroatoms. The average Bonchev–Trinajstić information content (AvgIpc) is 3.67. The van der Waals surface area contributed by atoms with Crippen molar-refractivity contribution < 1.29 is 22.3 Å². The lowest BCUT2D eigenvalue weighted by Gasteiger charge is -2.36. The van der Waals surface area contributed by atoms with Crippen LogP contribution in [0.2, 0.25) is 0 Å². The SMILES string of the molecule is CC1(S(=O)(=O)n2ccc3c(-c4cnc(C5(O)CCC5)s4)ccnc32)C=C(Cl)C=CC1c1ccc(CN2CCC(F)CC2)c(F)c1. The van der Waals surface area contributed by atoms with Crippen LogP contribution in [0, 0.1) is 5.82 Å². The van der Waals surface area contributed by atoms with E-state index in [2.05, 4.69) is 9.97 Å². The standard InChI is InChI=1S/C33H33ClF2N4O3S2/c1-32(18-23(34)5-6-27(32)21-3-4-22(28(36)17-21)20-39-14-8-24(35)9-15-39)45(42,43)40-16-10-26-25(7-13-37-30(26)40)29-19-38-31(44-29)33(41)11-2-12-33/h3-7,10,13,16-19,24,27,41H,2,8-9,11-12,14-15,20H2,1H3. The summed E-state index contributed by atoms with van der Waals surface area (Å²) < 4.78 is 57.9. The fraction of sp³-hybridized carbons (Fsp3) is 0.394. The Bertz CT molecular complexity index is 1940. The van der Waals surface area contributed by atoms with Gasteiger partial charge >= 0.3 is 0 Å². The van der Waals surface area contributed by atoms with E-state index in [9.17, 15) is 17.9 Å². The number of pyridine rings is 1. The number of rotatable bonds is 7. The minimum atomic E-state index is -4.21. The number of benzene rings is 1. The molecule has 236 valence electrons. The lowest BCUT2D eigenvalue weighted by atomic mass is 9.81. The lowest BCUT2D eigenvalue weighted by molar-refractivity contribution is -0.0389. The van der Waals surface area contributed by atoms with Crippen LogP contribution in [0.25, 0.3) is 21.5 Å². The van der Waals surface area contributed by atoms with Gasteiger partial charge in [-0.2, -0.15) is 0 Å². The molecule has 4 aromatic rings. The van der Waals surface area contributed by atoms with Crippen LogP contribution in [0.3, 0.4) is 0 Å². The molecule has 0 radical (unpaired) electrons. The Morgan fingerprint density at radius 1 is 1.16 bits per heavy atom. The molecule has 1 N–H and O–H groups in total. The van der Waals surface area contributed by atoms with E-state index in [1.54, 1.807) is 49.7 Å². The maximum Gasteiger partial charge on any atom is 0.250 e. The second-order valence-corrected chi connectivity index (χ2v) is 16.2. The minimum absolute atomic E-state index is 0.252. The van der Waals surface area contributed by atoms with Crippen LogP contribution < -0.4 is 0 Å². The van der Waals surface area contributed by atoms with Crippen LogP contribution in [0.15, 0.2) is 72.2 Å². The molecule has 1 saturated carbocycles. The minimum Gasteiger partial charge on any atom is -0.383 e. The monoisotopic (exact) mass is 670 g/mol. The summed E-state index contributed by atoms with van der Waals surface area (Å²) in [4.78, 5) is 11.8. The molecule has 4 heterocycles. The molecule has 0 spiro atoms. The number of hydrogen-bond acceptors (Lipinski definition) is 7. The molecular formula is C33H33ClF2N4O3S2. The average molecular weight is 671 g/mol. The third kappa shape index (κ3) is 5.26. The molecule has 7 rings (SSSR count). The molecule has 2 aliphatic carbocycles. The first kappa shape index (κ1) is 30.7. The largest absolute Gasteiger partial charge is 0.383 e. The summed E-state index contributed by atoms with van der Waals surface area (Å²) in [5, 5.41) is 12.3. The van der Waals surface area contributed by atoms with E-state index in [0.717, 1.165) is 16.9 Å². The zero-order chi connectivity index (χ0) is 31.6. The number of hydrogen-bond donors (Lipinski definition) is 1. The third-order valence-corrected chi connectivity index (χ3v) is 13.3. The highest BCUT2D eigenvalue weighted by Gasteiger charge is 2.47. The first-order valence-corrected chi connectivity index (χ1v) is 17.7. The zero-order valence-corrected chi connectivity index (χ0v) is 27.1. The summed E-state index contributed by atoms with van der Waals surface area (Å²) in [6.07, 6.45) is 12.0. The Morgan fingerprint density at radius 2 is 1.93 bits per heavy atom. The Morgan fingerprint density at radius 3 is 2.64 bits per heavy atom. The maximum atomic E-state index is 15.5. The van der Waals surface area contributed by atoms with Gasteiger partial charge in [0.05, 0.1) is 4.88 Å². The van der Waals surface area contributed by atoms with Gasteiger partial charge in [0, 0.05) is 65.7 Å². The van der Waals surface area contributed by atoms with Crippen molar-refractivity contribution in [3.8, 4) is 10.4 Å². The smallest absolute Gasteiger partial charge is 0.250 e. The number of piperidine rings is 1. The molecule has 2 fully saturated rings. The number of halogens is 3. The van der Waals surface area contributed by atoms with Crippen molar-refractivity contribution in [2.45, 2.75) is 68.0 Å². The van der Waals surface area contributed by atoms with E-state index in [1.165, 1.54) is 33.6 Å². The van der Waals surface area contributed by atoms with Crippen molar-refractivity contribution in [3.63, 3.8) is 0 Å². The molecule has 1 saturated heterocycles. The highest BCUT2D eigenvalue weighted by molar-refractivity contribution is 7.91. The van der Waals surface area contributed by atoms with Crippen molar-refractivity contribution in [1.82, 2.24) is 18.8 Å². The van der Waals surface area contributed by atoms with Gasteiger partial charge in [0.15, 0.2) is 5.65 Å². The van der Waals surface area contributed by atoms with Gasteiger partial charge in [0.25, 0.3) is 0 Å². The topological polar surface area (TPSA) is 88.3 Å². The van der Waals surface area contributed by atoms with E-state index in [0.29, 0.717) is 66.8 Å². The predicted molar refractivity (Wildman–Crippen MR) is 173 cm³/mol. The van der Waals surface area contributed by atoms with Crippen LogP contribution in [-0.2, 0) is 22.2 Å². The van der Waals surface area contributed by atoms with Crippen LogP contribution in [-0.4, -0.2) is 56.4 Å². The number of aromatic nitrogens is 3. The molecule has 0 bridgehead atoms. The number of aliphatic hydroxyl groups is 1. The third-order valence-electron chi connectivity index (χ3n) is 9.56. The summed E-state index contributed by atoms with van der Waals surface area (Å²) in [6.45, 7) is 3.10. The molecule has 7 nitrogen and oxygen atoms in total. The van der Waals surface area contributed by atoms with E-state index in [-0.39, 0.29) is 10.7 Å². The number of thiazole rings is 1. The van der Waals surface area contributed by atoms with Crippen molar-refractivity contribution >= 4 is 44.0 Å². The van der Waals surface area contributed by atoms with Gasteiger partial charge in [-0.25, -0.2) is 31.1 Å². The molecular weight excluding hydrogens is 638 g/mol. The van der Waals surface area contributed by atoms with Crippen molar-refractivity contribution in [3.05, 3.63) is 94.1 Å². The van der Waals surface area contributed by atoms with Crippen LogP contribution in [0.5, 0.6) is 0 Å². The van der Waals surface area contributed by atoms with Crippen LogP contribution >= 0.6 is 22.9 Å². The van der Waals surface area contributed by atoms with Crippen LogP contribution in [0.4, 0.5) is 8.78 Å². The molecule has 45 heavy (non-hydrogen) atoms. The number of alkyl halides is 1. The summed E-state index contributed by atoms with van der Waals surface area (Å²) >= 11 is 7.83. The normalized spacial score (nSPS) is 24.1. The quantitative estimate of drug-likeness (QED) is 0.228. The zero-order valence-electron chi connectivity index (χ0n) is 24.7. The van der Waals surface area contributed by atoms with Gasteiger partial charge in [-0.1, -0.05) is 29.8 Å². The molecule has 2 unspecified atom stereocenters. The molecule has 2 atom stereocenters. The van der Waals surface area contributed by atoms with Gasteiger partial charge in [0.2, 0.25) is 10.0 Å². The summed E-state index contributed by atoms with van der Waals surface area (Å²) in [5.74, 6) is -1.18. The maximum absolute atomic E-state index is 15.5. The van der Waals surface area contributed by atoms with Crippen LogP contribution in [0.1, 0.15) is 61.1 Å². The van der Waals surface area contributed by atoms with Gasteiger partial charge in [-0.05, 0) is 74.9 Å². The summed E-state index contributed by atoms with van der Waals surface area (Å²) in [6, 6.07) is 8.38. The number of likely N-dealkylation sites (tertiary alicyclic amines) is 1. The van der Waals surface area contributed by atoms with Gasteiger partial charge < -0.3 is 5.11 Å². The second-order valence-electron chi connectivity index (χ2n) is 12.5. The van der Waals surface area contributed by atoms with Crippen molar-refractivity contribution in [2.24, 2.45) is 0 Å². The predicted octanol–water partition coefficient (Wildman–Crippen LogP) is 7.02. The van der Waals surface area contributed by atoms with Gasteiger partial charge in [-0.3, -0.25) is 4.90 Å². The summed E-state index contributed by atoms with van der Waals surface area (Å²) in [5.41, 5.74) is 1.11. The Kier molecular flexibility index (Phi) is 7.76. The fourth-order valence-electron chi connectivity index (χ4n) is 6.63. The Labute approximate surface area is 269 Å². The van der Waals surface area contributed by atoms with E-state index < -0.39 is 38.3 Å². The van der Waals surface area contributed by atoms with Crippen molar-refractivity contribution in [2.75, 3.05) is 13.1 Å². The highest BCUT2D eigenvalue weighted by Crippen LogP contribution is 2.46. The van der Waals surface area contributed by atoms with Gasteiger partial charge in [0.1, 0.15) is 27.3 Å². The molecule has 0 amide bonds. The highest BCUT2D eigenvalue weighted by atomic mass is 35.5. The molecule has 3 aromatic heterocycles. The van der Waals surface area contributed by atoms with E-state index >= 15 is 4.39 Å². The Balaban J connectivity index is 1.23. The summed E-state index contributed by atoms with van der Waals surface area (Å²) in [7, 11) is -4.21. The molecule has 1 aromatic carbocycles. The van der Waals surface area contributed by atoms with E-state index in [4.69, 9.17) is 11.6 Å². The number of nitrogens with zero attached hydrogens (tertiary/aromatic N) is 4. The van der Waals surface area contributed by atoms with Crippen molar-refractivity contribution in [1.29, 1.82) is 0 Å².